The van der Waals surface area contributed by atoms with Gasteiger partial charge in [-0.15, -0.1) is 0 Å². The summed E-state index contributed by atoms with van der Waals surface area (Å²) in [6, 6.07) is 5.87. The van der Waals surface area contributed by atoms with Crippen LogP contribution in [-0.2, 0) is 14.8 Å². The van der Waals surface area contributed by atoms with E-state index in [2.05, 4.69) is 29.0 Å². The van der Waals surface area contributed by atoms with Crippen LogP contribution < -0.4 is 10.0 Å². The fraction of sp³-hybridized carbons (Fsp3) is 0.444. The molecule has 0 aliphatic carbocycles. The number of sulfonamides is 1. The van der Waals surface area contributed by atoms with Gasteiger partial charge in [0.05, 0.1) is 0 Å². The van der Waals surface area contributed by atoms with Crippen molar-refractivity contribution in [1.29, 1.82) is 0 Å². The van der Waals surface area contributed by atoms with E-state index in [-0.39, 0.29) is 35.4 Å². The Bertz CT molecular complexity index is 882. The molecule has 0 radical (unpaired) electrons. The van der Waals surface area contributed by atoms with Crippen LogP contribution in [-0.4, -0.2) is 26.0 Å². The highest BCUT2D eigenvalue weighted by atomic mass is 32.2. The van der Waals surface area contributed by atoms with Gasteiger partial charge in [-0.05, 0) is 37.8 Å². The van der Waals surface area contributed by atoms with Crippen LogP contribution in [0.1, 0.15) is 48.8 Å². The first-order valence-corrected chi connectivity index (χ1v) is 9.93. The fourth-order valence-corrected chi connectivity index (χ4v) is 4.13. The van der Waals surface area contributed by atoms with Crippen LogP contribution in [0, 0.1) is 20.8 Å². The van der Waals surface area contributed by atoms with E-state index in [0.29, 0.717) is 5.69 Å². The molecule has 1 aromatic heterocycles. The van der Waals surface area contributed by atoms with Crippen molar-refractivity contribution in [2.45, 2.75) is 51.9 Å². The number of amides is 1. The van der Waals surface area contributed by atoms with Gasteiger partial charge in [-0.3, -0.25) is 4.79 Å². The maximum absolute atomic E-state index is 12.3. The number of carbonyl (C=O) groups is 1. The van der Waals surface area contributed by atoms with Crippen LogP contribution >= 0.6 is 0 Å². The number of hydrogen-bond donors (Lipinski definition) is 2. The maximum atomic E-state index is 12.3. The Labute approximate surface area is 154 Å². The highest BCUT2D eigenvalue weighted by Gasteiger charge is 2.24. The van der Waals surface area contributed by atoms with Gasteiger partial charge in [0.15, 0.2) is 5.76 Å². The van der Waals surface area contributed by atoms with Crippen molar-refractivity contribution in [3.05, 3.63) is 40.8 Å². The zero-order valence-corrected chi connectivity index (χ0v) is 16.5. The Morgan fingerprint density at radius 2 is 1.92 bits per heavy atom. The maximum Gasteiger partial charge on any atom is 0.245 e. The summed E-state index contributed by atoms with van der Waals surface area (Å²) in [6.45, 7) is 9.13. The lowest BCUT2D eigenvalue weighted by Crippen LogP contribution is -2.28. The monoisotopic (exact) mass is 379 g/mol. The van der Waals surface area contributed by atoms with E-state index in [1.165, 1.54) is 6.92 Å². The van der Waals surface area contributed by atoms with Crippen molar-refractivity contribution in [2.75, 3.05) is 11.9 Å². The lowest BCUT2D eigenvalue weighted by atomic mass is 9.98. The van der Waals surface area contributed by atoms with E-state index in [9.17, 15) is 13.2 Å². The van der Waals surface area contributed by atoms with E-state index in [0.717, 1.165) is 16.8 Å². The molecule has 7 nitrogen and oxygen atoms in total. The average Bonchev–Trinajstić information content (AvgIpc) is 2.88. The molecule has 0 saturated carbocycles. The number of benzene rings is 1. The first-order chi connectivity index (χ1) is 12.1. The van der Waals surface area contributed by atoms with Gasteiger partial charge in [-0.2, -0.15) is 0 Å². The van der Waals surface area contributed by atoms with E-state index in [1.54, 1.807) is 6.92 Å². The molecule has 1 amide bonds. The molecule has 0 aliphatic heterocycles. The molecule has 0 fully saturated rings. The summed E-state index contributed by atoms with van der Waals surface area (Å²) in [4.78, 5) is 12.3. The lowest BCUT2D eigenvalue weighted by molar-refractivity contribution is -0.116. The van der Waals surface area contributed by atoms with Crippen molar-refractivity contribution in [3.63, 3.8) is 0 Å². The van der Waals surface area contributed by atoms with Crippen molar-refractivity contribution >= 4 is 21.6 Å². The largest absolute Gasteiger partial charge is 0.360 e. The molecular weight excluding hydrogens is 354 g/mol. The second-order valence-corrected chi connectivity index (χ2v) is 8.25. The highest BCUT2D eigenvalue weighted by molar-refractivity contribution is 7.89. The molecule has 2 aromatic rings. The summed E-state index contributed by atoms with van der Waals surface area (Å²) >= 11 is 0. The SMILES string of the molecule is Cc1cccc(C(C)C)c1NC(=O)CCNS(=O)(=O)c1c(C)noc1C. The molecule has 0 aliphatic rings. The molecule has 142 valence electrons. The van der Waals surface area contributed by atoms with Gasteiger partial charge >= 0.3 is 0 Å². The molecule has 1 aromatic carbocycles. The van der Waals surface area contributed by atoms with Crippen molar-refractivity contribution < 1.29 is 17.7 Å². The summed E-state index contributed by atoms with van der Waals surface area (Å²) in [5.41, 5.74) is 3.11. The van der Waals surface area contributed by atoms with Gasteiger partial charge in [0.1, 0.15) is 10.6 Å². The van der Waals surface area contributed by atoms with Crippen LogP contribution in [0.2, 0.25) is 0 Å². The van der Waals surface area contributed by atoms with E-state index >= 15 is 0 Å². The normalized spacial score (nSPS) is 11.8. The molecule has 0 atom stereocenters. The summed E-state index contributed by atoms with van der Waals surface area (Å²) in [5, 5.41) is 6.54. The predicted octanol–water partition coefficient (Wildman–Crippen LogP) is 3.03. The zero-order valence-electron chi connectivity index (χ0n) is 15.7. The molecule has 2 rings (SSSR count). The van der Waals surface area contributed by atoms with Crippen molar-refractivity contribution in [3.8, 4) is 0 Å². The average molecular weight is 379 g/mol. The molecule has 2 N–H and O–H groups in total. The van der Waals surface area contributed by atoms with Gasteiger partial charge in [0.2, 0.25) is 15.9 Å². The van der Waals surface area contributed by atoms with Gasteiger partial charge in [0, 0.05) is 18.7 Å². The van der Waals surface area contributed by atoms with Crippen LogP contribution in [0.4, 0.5) is 5.69 Å². The van der Waals surface area contributed by atoms with Gasteiger partial charge in [-0.25, -0.2) is 13.1 Å². The summed E-state index contributed by atoms with van der Waals surface area (Å²) < 4.78 is 32.0. The molecular formula is C18H25N3O4S. The van der Waals surface area contributed by atoms with Gasteiger partial charge in [0.25, 0.3) is 0 Å². The second-order valence-electron chi connectivity index (χ2n) is 6.54. The number of anilines is 1. The molecule has 26 heavy (non-hydrogen) atoms. The first kappa shape index (κ1) is 20.1. The van der Waals surface area contributed by atoms with Gasteiger partial charge in [-0.1, -0.05) is 37.2 Å². The lowest BCUT2D eigenvalue weighted by Gasteiger charge is -2.16. The van der Waals surface area contributed by atoms with Crippen LogP contribution in [0.15, 0.2) is 27.6 Å². The van der Waals surface area contributed by atoms with Crippen LogP contribution in [0.25, 0.3) is 0 Å². The Hall–Kier alpha value is -2.19. The van der Waals surface area contributed by atoms with Crippen molar-refractivity contribution in [2.24, 2.45) is 0 Å². The predicted molar refractivity (Wildman–Crippen MR) is 99.7 cm³/mol. The Morgan fingerprint density at radius 3 is 2.50 bits per heavy atom. The molecule has 0 saturated heterocycles. The minimum Gasteiger partial charge on any atom is -0.360 e. The number of nitrogens with one attached hydrogen (secondary N) is 2. The number of carbonyl (C=O) groups excluding carboxylic acids is 1. The summed E-state index contributed by atoms with van der Waals surface area (Å²) in [6.07, 6.45) is 0.0223. The number of rotatable bonds is 7. The number of aryl methyl sites for hydroxylation is 3. The Kier molecular flexibility index (Phi) is 6.20. The number of nitrogens with zero attached hydrogens (tertiary/aromatic N) is 1. The molecule has 1 heterocycles. The first-order valence-electron chi connectivity index (χ1n) is 8.45. The van der Waals surface area contributed by atoms with E-state index in [4.69, 9.17) is 4.52 Å². The van der Waals surface area contributed by atoms with Crippen molar-refractivity contribution in [1.82, 2.24) is 9.88 Å². The number of hydrogen-bond acceptors (Lipinski definition) is 5. The van der Waals surface area contributed by atoms with E-state index < -0.39 is 10.0 Å². The fourth-order valence-electron chi connectivity index (χ4n) is 2.77. The van der Waals surface area contributed by atoms with E-state index in [1.807, 2.05) is 25.1 Å². The zero-order chi connectivity index (χ0) is 19.5. The molecule has 0 unspecified atom stereocenters. The summed E-state index contributed by atoms with van der Waals surface area (Å²) in [7, 11) is -3.76. The molecule has 0 bridgehead atoms. The topological polar surface area (TPSA) is 101 Å². The standard InChI is InChI=1S/C18H25N3O4S/c1-11(2)15-8-6-7-12(3)17(15)20-16(22)9-10-19-26(23,24)18-13(4)21-25-14(18)5/h6-8,11,19H,9-10H2,1-5H3,(H,20,22). The Balaban J connectivity index is 2.01. The number of aromatic nitrogens is 1. The third-order valence-corrected chi connectivity index (χ3v) is 5.78. The highest BCUT2D eigenvalue weighted by Crippen LogP contribution is 2.27. The molecule has 8 heteroatoms. The second kappa shape index (κ2) is 8.01. The number of para-hydroxylation sites is 1. The van der Waals surface area contributed by atoms with Gasteiger partial charge < -0.3 is 9.84 Å². The summed E-state index contributed by atoms with van der Waals surface area (Å²) in [5.74, 6) is 0.242. The minimum atomic E-state index is -3.76. The molecule has 0 spiro atoms. The van der Waals surface area contributed by atoms with Crippen LogP contribution in [0.5, 0.6) is 0 Å². The quantitative estimate of drug-likeness (QED) is 0.770. The Morgan fingerprint density at radius 1 is 1.23 bits per heavy atom. The van der Waals surface area contributed by atoms with Crippen LogP contribution in [0.3, 0.4) is 0 Å². The smallest absolute Gasteiger partial charge is 0.245 e. The third-order valence-electron chi connectivity index (χ3n) is 4.07. The third kappa shape index (κ3) is 4.50. The minimum absolute atomic E-state index is 0.0128.